The van der Waals surface area contributed by atoms with Gasteiger partial charge in [0.15, 0.2) is 11.5 Å². The molecule has 0 radical (unpaired) electrons. The van der Waals surface area contributed by atoms with Gasteiger partial charge in [-0.1, -0.05) is 25.3 Å². The van der Waals surface area contributed by atoms with E-state index in [0.29, 0.717) is 19.5 Å². The van der Waals surface area contributed by atoms with Gasteiger partial charge in [0.25, 0.3) is 0 Å². The van der Waals surface area contributed by atoms with Crippen molar-refractivity contribution in [1.29, 1.82) is 0 Å². The Kier molecular flexibility index (Phi) is 4.56. The van der Waals surface area contributed by atoms with Crippen LogP contribution in [0.1, 0.15) is 44.1 Å². The number of amides is 1. The number of carbonyl (C=O) groups is 1. The van der Waals surface area contributed by atoms with Gasteiger partial charge in [-0.15, -0.1) is 0 Å². The monoisotopic (exact) mass is 346 g/mol. The topological polar surface area (TPSA) is 79.8 Å². The second-order valence-corrected chi connectivity index (χ2v) is 7.48. The van der Waals surface area contributed by atoms with E-state index >= 15 is 0 Å². The van der Waals surface area contributed by atoms with E-state index in [1.165, 1.54) is 24.8 Å². The minimum Gasteiger partial charge on any atom is -0.454 e. The van der Waals surface area contributed by atoms with Crippen LogP contribution < -0.4 is 20.1 Å². The first kappa shape index (κ1) is 16.7. The predicted molar refractivity (Wildman–Crippen MR) is 92.8 cm³/mol. The number of aliphatic hydroxyl groups is 1. The zero-order chi connectivity index (χ0) is 17.3. The third-order valence-electron chi connectivity index (χ3n) is 5.82. The quantitative estimate of drug-likeness (QED) is 0.769. The highest BCUT2D eigenvalue weighted by atomic mass is 16.7. The molecule has 2 aliphatic heterocycles. The van der Waals surface area contributed by atoms with E-state index in [1.807, 2.05) is 6.07 Å². The molecular weight excluding hydrogens is 320 g/mol. The van der Waals surface area contributed by atoms with Gasteiger partial charge in [-0.05, 0) is 37.0 Å². The molecule has 2 fully saturated rings. The second-order valence-electron chi connectivity index (χ2n) is 7.48. The Morgan fingerprint density at radius 1 is 1.24 bits per heavy atom. The Balaban J connectivity index is 1.50. The molecule has 2 atom stereocenters. The maximum Gasteiger partial charge on any atom is 0.237 e. The first-order valence-electron chi connectivity index (χ1n) is 9.26. The lowest BCUT2D eigenvalue weighted by atomic mass is 9.69. The van der Waals surface area contributed by atoms with Crippen molar-refractivity contribution in [2.24, 2.45) is 0 Å². The fraction of sp³-hybridized carbons (Fsp3) is 0.632. The molecule has 3 aliphatic rings. The summed E-state index contributed by atoms with van der Waals surface area (Å²) in [5, 5.41) is 15.8. The summed E-state index contributed by atoms with van der Waals surface area (Å²) >= 11 is 0. The molecular formula is C19H26N2O4. The summed E-state index contributed by atoms with van der Waals surface area (Å²) in [6.07, 6.45) is 5.78. The lowest BCUT2D eigenvalue weighted by Gasteiger charge is -2.38. The van der Waals surface area contributed by atoms with Gasteiger partial charge >= 0.3 is 0 Å². The lowest BCUT2D eigenvalue weighted by Crippen LogP contribution is -2.47. The minimum absolute atomic E-state index is 0.0118. The molecule has 4 rings (SSSR count). The number of hydrogen-bond donors (Lipinski definition) is 3. The zero-order valence-corrected chi connectivity index (χ0v) is 14.4. The van der Waals surface area contributed by atoms with Crippen molar-refractivity contribution in [3.8, 4) is 11.5 Å². The van der Waals surface area contributed by atoms with E-state index in [2.05, 4.69) is 22.8 Å². The Morgan fingerprint density at radius 2 is 2.04 bits per heavy atom. The number of hydrogen-bond acceptors (Lipinski definition) is 5. The Morgan fingerprint density at radius 3 is 2.80 bits per heavy atom. The summed E-state index contributed by atoms with van der Waals surface area (Å²) in [6.45, 7) is 1.39. The van der Waals surface area contributed by atoms with Crippen LogP contribution in [0, 0.1) is 0 Å². The van der Waals surface area contributed by atoms with Crippen LogP contribution in [-0.2, 0) is 10.2 Å². The van der Waals surface area contributed by atoms with Crippen molar-refractivity contribution in [1.82, 2.24) is 10.6 Å². The molecule has 1 saturated carbocycles. The average molecular weight is 346 g/mol. The molecule has 1 aromatic rings. The van der Waals surface area contributed by atoms with Crippen LogP contribution in [0.5, 0.6) is 11.5 Å². The SMILES string of the molecule is O=C(NCC1(c2ccc3c(c2)OCO3)CCCCC1)[C@H]1C[C@H](O)CN1. The molecule has 0 spiro atoms. The van der Waals surface area contributed by atoms with Gasteiger partial charge in [0, 0.05) is 18.5 Å². The summed E-state index contributed by atoms with van der Waals surface area (Å²) in [5.41, 5.74) is 1.17. The van der Waals surface area contributed by atoms with Crippen LogP contribution in [0.15, 0.2) is 18.2 Å². The number of rotatable bonds is 4. The maximum absolute atomic E-state index is 12.5. The Labute approximate surface area is 147 Å². The van der Waals surface area contributed by atoms with Gasteiger partial charge in [0.1, 0.15) is 0 Å². The molecule has 3 N–H and O–H groups in total. The number of aliphatic hydroxyl groups excluding tert-OH is 1. The van der Waals surface area contributed by atoms with Crippen LogP contribution in [0.25, 0.3) is 0 Å². The number of benzene rings is 1. The highest BCUT2D eigenvalue weighted by Crippen LogP contribution is 2.43. The van der Waals surface area contributed by atoms with Gasteiger partial charge in [-0.25, -0.2) is 0 Å². The third-order valence-corrected chi connectivity index (χ3v) is 5.82. The largest absolute Gasteiger partial charge is 0.454 e. The van der Waals surface area contributed by atoms with E-state index in [4.69, 9.17) is 9.47 Å². The van der Waals surface area contributed by atoms with Crippen LogP contribution >= 0.6 is 0 Å². The molecule has 1 saturated heterocycles. The van der Waals surface area contributed by atoms with Crippen LogP contribution in [0.3, 0.4) is 0 Å². The third kappa shape index (κ3) is 3.33. The van der Waals surface area contributed by atoms with E-state index < -0.39 is 6.10 Å². The van der Waals surface area contributed by atoms with Crippen LogP contribution in [0.4, 0.5) is 0 Å². The fourth-order valence-electron chi connectivity index (χ4n) is 4.32. The van der Waals surface area contributed by atoms with Gasteiger partial charge in [0.05, 0.1) is 12.1 Å². The van der Waals surface area contributed by atoms with Crippen molar-refractivity contribution >= 4 is 5.91 Å². The maximum atomic E-state index is 12.5. The number of nitrogens with one attached hydrogen (secondary N) is 2. The fourth-order valence-corrected chi connectivity index (χ4v) is 4.32. The van der Waals surface area contributed by atoms with E-state index in [9.17, 15) is 9.90 Å². The van der Waals surface area contributed by atoms with Gasteiger partial charge in [-0.3, -0.25) is 4.79 Å². The van der Waals surface area contributed by atoms with Crippen LogP contribution in [-0.4, -0.2) is 43.0 Å². The van der Waals surface area contributed by atoms with E-state index in [-0.39, 0.29) is 24.2 Å². The molecule has 136 valence electrons. The summed E-state index contributed by atoms with van der Waals surface area (Å²) in [4.78, 5) is 12.5. The number of carbonyl (C=O) groups excluding carboxylic acids is 1. The van der Waals surface area contributed by atoms with Crippen molar-refractivity contribution in [3.63, 3.8) is 0 Å². The zero-order valence-electron chi connectivity index (χ0n) is 14.4. The summed E-state index contributed by atoms with van der Waals surface area (Å²) in [7, 11) is 0. The molecule has 6 heteroatoms. The van der Waals surface area contributed by atoms with Crippen molar-refractivity contribution in [3.05, 3.63) is 23.8 Å². The first-order valence-corrected chi connectivity index (χ1v) is 9.26. The summed E-state index contributed by atoms with van der Waals surface area (Å²) in [6, 6.07) is 5.89. The predicted octanol–water partition coefficient (Wildman–Crippen LogP) is 1.46. The van der Waals surface area contributed by atoms with Gasteiger partial charge < -0.3 is 25.2 Å². The Hall–Kier alpha value is -1.79. The minimum atomic E-state index is -0.423. The summed E-state index contributed by atoms with van der Waals surface area (Å²) in [5.74, 6) is 1.58. The molecule has 1 aliphatic carbocycles. The van der Waals surface area contributed by atoms with E-state index in [1.54, 1.807) is 0 Å². The lowest BCUT2D eigenvalue weighted by molar-refractivity contribution is -0.123. The first-order chi connectivity index (χ1) is 12.2. The van der Waals surface area contributed by atoms with Crippen molar-refractivity contribution < 1.29 is 19.4 Å². The molecule has 0 aromatic heterocycles. The molecule has 25 heavy (non-hydrogen) atoms. The molecule has 0 bridgehead atoms. The summed E-state index contributed by atoms with van der Waals surface area (Å²) < 4.78 is 11.0. The van der Waals surface area contributed by atoms with Gasteiger partial charge in [0.2, 0.25) is 12.7 Å². The number of ether oxygens (including phenoxy) is 2. The molecule has 0 unspecified atom stereocenters. The molecule has 6 nitrogen and oxygen atoms in total. The highest BCUT2D eigenvalue weighted by Gasteiger charge is 2.36. The smallest absolute Gasteiger partial charge is 0.237 e. The van der Waals surface area contributed by atoms with E-state index in [0.717, 1.165) is 24.3 Å². The standard InChI is InChI=1S/C19H26N2O4/c22-14-9-15(20-10-14)18(23)21-11-19(6-2-1-3-7-19)13-4-5-16-17(8-13)25-12-24-16/h4-5,8,14-15,20,22H,1-3,6-7,9-12H2,(H,21,23)/t14-,15+/m0/s1. The Bertz CT molecular complexity index is 642. The van der Waals surface area contributed by atoms with Gasteiger partial charge in [-0.2, -0.15) is 0 Å². The number of fused-ring (bicyclic) bond motifs is 1. The van der Waals surface area contributed by atoms with Crippen molar-refractivity contribution in [2.75, 3.05) is 19.9 Å². The molecule has 2 heterocycles. The molecule has 1 aromatic carbocycles. The normalized spacial score (nSPS) is 27.2. The average Bonchev–Trinajstić information content (AvgIpc) is 3.28. The molecule has 1 amide bonds. The van der Waals surface area contributed by atoms with Crippen LogP contribution in [0.2, 0.25) is 0 Å². The second kappa shape index (κ2) is 6.84. The highest BCUT2D eigenvalue weighted by molar-refractivity contribution is 5.82. The van der Waals surface area contributed by atoms with Crippen molar-refractivity contribution in [2.45, 2.75) is 56.1 Å². The number of β-amino-alcohol motifs (C(OH)–C–C–N with tert-alkyl or cyclic N) is 1.